The van der Waals surface area contributed by atoms with Gasteiger partial charge < -0.3 is 9.84 Å². The van der Waals surface area contributed by atoms with Crippen LogP contribution in [0.4, 0.5) is 0 Å². The van der Waals surface area contributed by atoms with Crippen LogP contribution in [0.1, 0.15) is 81.0 Å². The molecule has 3 aliphatic carbocycles. The van der Waals surface area contributed by atoms with Gasteiger partial charge in [0, 0.05) is 0 Å². The van der Waals surface area contributed by atoms with Gasteiger partial charge in [0.15, 0.2) is 5.82 Å². The van der Waals surface area contributed by atoms with Crippen LogP contribution >= 0.6 is 0 Å². The van der Waals surface area contributed by atoms with E-state index in [1.54, 1.807) is 0 Å². The lowest BCUT2D eigenvalue weighted by atomic mass is 9.65. The molecule has 0 unspecified atom stereocenters. The van der Waals surface area contributed by atoms with Crippen molar-refractivity contribution in [3.05, 3.63) is 47.5 Å². The SMILES string of the molecule is Cc1nc(C2(OCC3CC3)CCC(C(=O)O)(c3ccccc3)CC2)nn1C1CCC1. The number of aromatic nitrogens is 3. The van der Waals surface area contributed by atoms with E-state index in [0.717, 1.165) is 36.7 Å². The van der Waals surface area contributed by atoms with Gasteiger partial charge in [-0.2, -0.15) is 5.10 Å². The molecule has 6 heteroatoms. The molecule has 2 aromatic rings. The second-order valence-corrected chi connectivity index (χ2v) is 9.51. The molecule has 1 heterocycles. The molecule has 3 fully saturated rings. The highest BCUT2D eigenvalue weighted by molar-refractivity contribution is 5.81. The fourth-order valence-corrected chi connectivity index (χ4v) is 5.03. The number of hydrogen-bond acceptors (Lipinski definition) is 4. The molecule has 0 spiro atoms. The van der Waals surface area contributed by atoms with E-state index in [0.29, 0.717) is 37.6 Å². The first kappa shape index (κ1) is 19.7. The minimum Gasteiger partial charge on any atom is -0.481 e. The van der Waals surface area contributed by atoms with Gasteiger partial charge in [-0.3, -0.25) is 4.79 Å². The first-order valence-corrected chi connectivity index (χ1v) is 11.4. The third-order valence-electron chi connectivity index (χ3n) is 7.57. The van der Waals surface area contributed by atoms with Crippen LogP contribution in [0.15, 0.2) is 30.3 Å². The van der Waals surface area contributed by atoms with Gasteiger partial charge in [-0.25, -0.2) is 9.67 Å². The van der Waals surface area contributed by atoms with E-state index in [-0.39, 0.29) is 0 Å². The summed E-state index contributed by atoms with van der Waals surface area (Å²) in [5, 5.41) is 15.1. The Bertz CT molecular complexity index is 907. The van der Waals surface area contributed by atoms with Crippen LogP contribution in [0.3, 0.4) is 0 Å². The van der Waals surface area contributed by atoms with Gasteiger partial charge in [0.05, 0.1) is 18.1 Å². The van der Waals surface area contributed by atoms with Gasteiger partial charge in [-0.15, -0.1) is 0 Å². The number of carboxylic acids is 1. The number of ether oxygens (including phenoxy) is 1. The maximum Gasteiger partial charge on any atom is 0.314 e. The summed E-state index contributed by atoms with van der Waals surface area (Å²) >= 11 is 0. The highest BCUT2D eigenvalue weighted by Crippen LogP contribution is 2.49. The molecule has 160 valence electrons. The Labute approximate surface area is 177 Å². The molecule has 3 saturated carbocycles. The molecule has 1 aromatic carbocycles. The number of aryl methyl sites for hydroxylation is 1. The zero-order chi connectivity index (χ0) is 20.8. The zero-order valence-electron chi connectivity index (χ0n) is 17.7. The number of aliphatic carboxylic acids is 1. The van der Waals surface area contributed by atoms with Gasteiger partial charge in [-0.05, 0) is 76.2 Å². The van der Waals surface area contributed by atoms with Crippen LogP contribution in [-0.2, 0) is 20.5 Å². The Morgan fingerprint density at radius 2 is 1.83 bits per heavy atom. The van der Waals surface area contributed by atoms with Crippen molar-refractivity contribution in [3.8, 4) is 0 Å². The molecule has 30 heavy (non-hydrogen) atoms. The van der Waals surface area contributed by atoms with Crippen molar-refractivity contribution in [1.82, 2.24) is 14.8 Å². The molecule has 0 radical (unpaired) electrons. The first-order valence-electron chi connectivity index (χ1n) is 11.4. The molecular weight excluding hydrogens is 378 g/mol. The van der Waals surface area contributed by atoms with E-state index in [2.05, 4.69) is 4.68 Å². The van der Waals surface area contributed by atoms with Crippen molar-refractivity contribution in [2.45, 2.75) is 81.8 Å². The number of nitrogens with zero attached hydrogens (tertiary/aromatic N) is 3. The number of hydrogen-bond donors (Lipinski definition) is 1. The number of benzene rings is 1. The Morgan fingerprint density at radius 3 is 2.40 bits per heavy atom. The lowest BCUT2D eigenvalue weighted by molar-refractivity contribution is -0.151. The van der Waals surface area contributed by atoms with E-state index in [4.69, 9.17) is 14.8 Å². The van der Waals surface area contributed by atoms with Crippen LogP contribution in [-0.4, -0.2) is 32.4 Å². The number of carboxylic acid groups (broad SMARTS) is 1. The number of carbonyl (C=O) groups is 1. The Kier molecular flexibility index (Phi) is 4.92. The summed E-state index contributed by atoms with van der Waals surface area (Å²) in [7, 11) is 0. The second kappa shape index (κ2) is 7.49. The minimum atomic E-state index is -0.862. The maximum absolute atomic E-state index is 12.4. The van der Waals surface area contributed by atoms with E-state index in [1.165, 1.54) is 19.3 Å². The maximum atomic E-state index is 12.4. The minimum absolute atomic E-state index is 0.456. The Balaban J connectivity index is 1.45. The van der Waals surface area contributed by atoms with Crippen molar-refractivity contribution in [2.75, 3.05) is 6.61 Å². The van der Waals surface area contributed by atoms with Crippen molar-refractivity contribution < 1.29 is 14.6 Å². The molecule has 0 bridgehead atoms. The quantitative estimate of drug-likeness (QED) is 0.727. The van der Waals surface area contributed by atoms with Crippen molar-refractivity contribution in [2.24, 2.45) is 5.92 Å². The average molecular weight is 410 g/mol. The third-order valence-corrected chi connectivity index (χ3v) is 7.57. The summed E-state index contributed by atoms with van der Waals surface area (Å²) in [6.07, 6.45) is 8.36. The van der Waals surface area contributed by atoms with Crippen LogP contribution in [0.5, 0.6) is 0 Å². The average Bonchev–Trinajstić information content (AvgIpc) is 3.48. The summed E-state index contributed by atoms with van der Waals surface area (Å²) in [4.78, 5) is 17.3. The molecule has 0 amide bonds. The Morgan fingerprint density at radius 1 is 1.13 bits per heavy atom. The lowest BCUT2D eigenvalue weighted by Crippen LogP contribution is -2.46. The third kappa shape index (κ3) is 3.35. The molecule has 6 nitrogen and oxygen atoms in total. The van der Waals surface area contributed by atoms with Crippen LogP contribution in [0.2, 0.25) is 0 Å². The van der Waals surface area contributed by atoms with Crippen molar-refractivity contribution in [1.29, 1.82) is 0 Å². The van der Waals surface area contributed by atoms with Crippen LogP contribution < -0.4 is 0 Å². The predicted molar refractivity (Wildman–Crippen MR) is 112 cm³/mol. The molecule has 1 N–H and O–H groups in total. The van der Waals surface area contributed by atoms with Crippen molar-refractivity contribution >= 4 is 5.97 Å². The van der Waals surface area contributed by atoms with Crippen molar-refractivity contribution in [3.63, 3.8) is 0 Å². The summed E-state index contributed by atoms with van der Waals surface area (Å²) in [5.41, 5.74) is -0.549. The highest BCUT2D eigenvalue weighted by Gasteiger charge is 2.51. The summed E-state index contributed by atoms with van der Waals surface area (Å²) < 4.78 is 8.64. The standard InChI is InChI=1S/C24H31N3O3/c1-17-25-21(26-27(17)20-8-5-9-20)24(30-16-18-10-11-18)14-12-23(13-15-24,22(28)29)19-6-3-2-4-7-19/h2-4,6-7,18,20H,5,8-16H2,1H3,(H,28,29). The van der Waals surface area contributed by atoms with E-state index < -0.39 is 17.0 Å². The summed E-state index contributed by atoms with van der Waals surface area (Å²) in [5.74, 6) is 1.60. The Hall–Kier alpha value is -2.21. The van der Waals surface area contributed by atoms with Crippen LogP contribution in [0, 0.1) is 12.8 Å². The van der Waals surface area contributed by atoms with E-state index in [1.807, 2.05) is 37.3 Å². The first-order chi connectivity index (χ1) is 14.5. The molecule has 0 aliphatic heterocycles. The predicted octanol–water partition coefficient (Wildman–Crippen LogP) is 4.53. The number of rotatable bonds is 7. The largest absolute Gasteiger partial charge is 0.481 e. The smallest absolute Gasteiger partial charge is 0.314 e. The lowest BCUT2D eigenvalue weighted by Gasteiger charge is -2.43. The topological polar surface area (TPSA) is 77.2 Å². The molecule has 0 atom stereocenters. The van der Waals surface area contributed by atoms with Gasteiger partial charge in [-0.1, -0.05) is 30.3 Å². The van der Waals surface area contributed by atoms with Gasteiger partial charge in [0.2, 0.25) is 0 Å². The highest BCUT2D eigenvalue weighted by atomic mass is 16.5. The fraction of sp³-hybridized carbons (Fsp3) is 0.625. The molecule has 5 rings (SSSR count). The summed E-state index contributed by atoms with van der Waals surface area (Å²) in [6.45, 7) is 2.75. The monoisotopic (exact) mass is 409 g/mol. The molecule has 0 saturated heterocycles. The normalized spacial score (nSPS) is 29.5. The second-order valence-electron chi connectivity index (χ2n) is 9.51. The zero-order valence-corrected chi connectivity index (χ0v) is 17.7. The van der Waals surface area contributed by atoms with Gasteiger partial charge in [0.1, 0.15) is 11.4 Å². The molecular formula is C24H31N3O3. The molecule has 1 aromatic heterocycles. The van der Waals surface area contributed by atoms with Gasteiger partial charge >= 0.3 is 5.97 Å². The fourth-order valence-electron chi connectivity index (χ4n) is 5.03. The van der Waals surface area contributed by atoms with Crippen LogP contribution in [0.25, 0.3) is 0 Å². The molecule has 3 aliphatic rings. The van der Waals surface area contributed by atoms with Gasteiger partial charge in [0.25, 0.3) is 0 Å². The summed E-state index contributed by atoms with van der Waals surface area (Å²) in [6, 6.07) is 10.1. The van der Waals surface area contributed by atoms with E-state index >= 15 is 0 Å². The van der Waals surface area contributed by atoms with E-state index in [9.17, 15) is 9.90 Å².